The lowest BCUT2D eigenvalue weighted by Crippen LogP contribution is -2.48. The van der Waals surface area contributed by atoms with E-state index in [1.54, 1.807) is 0 Å². The monoisotopic (exact) mass is 323 g/mol. The molecule has 1 fully saturated rings. The van der Waals surface area contributed by atoms with Gasteiger partial charge in [0, 0.05) is 10.2 Å². The van der Waals surface area contributed by atoms with Crippen molar-refractivity contribution in [3.05, 3.63) is 28.2 Å². The highest BCUT2D eigenvalue weighted by atomic mass is 79.9. The third-order valence-corrected chi connectivity index (χ3v) is 3.79. The van der Waals surface area contributed by atoms with Crippen molar-refractivity contribution in [2.75, 3.05) is 11.9 Å². The fraction of sp³-hybridized carbons (Fsp3) is 0.500. The molecule has 6 heteroatoms. The van der Waals surface area contributed by atoms with Crippen LogP contribution in [0.2, 0.25) is 0 Å². The van der Waals surface area contributed by atoms with E-state index in [0.29, 0.717) is 17.3 Å². The van der Waals surface area contributed by atoms with Crippen LogP contribution in [0.4, 0.5) is 18.9 Å². The number of anilines is 1. The minimum atomic E-state index is -4.40. The van der Waals surface area contributed by atoms with Gasteiger partial charge in [0.1, 0.15) is 0 Å². The van der Waals surface area contributed by atoms with Gasteiger partial charge in [-0.2, -0.15) is 13.2 Å². The van der Waals surface area contributed by atoms with Crippen LogP contribution < -0.4 is 5.32 Å². The molecular weight excluding hydrogens is 311 g/mol. The molecule has 2 nitrogen and oxygen atoms in total. The summed E-state index contributed by atoms with van der Waals surface area (Å²) in [4.78, 5) is 0. The molecule has 0 atom stereocenters. The SMILES string of the molecule is OCC1(Nc2cc(Br)ccc2C(F)(F)F)CCC1. The number of aliphatic hydroxyl groups excluding tert-OH is 1. The van der Waals surface area contributed by atoms with E-state index in [1.165, 1.54) is 12.1 Å². The van der Waals surface area contributed by atoms with Crippen molar-refractivity contribution in [2.45, 2.75) is 31.0 Å². The average Bonchev–Trinajstić information content (AvgIpc) is 2.21. The smallest absolute Gasteiger partial charge is 0.394 e. The summed E-state index contributed by atoms with van der Waals surface area (Å²) in [6.45, 7) is -0.156. The predicted molar refractivity (Wildman–Crippen MR) is 66.4 cm³/mol. The molecule has 0 spiro atoms. The summed E-state index contributed by atoms with van der Waals surface area (Å²) in [6, 6.07) is 3.80. The highest BCUT2D eigenvalue weighted by Gasteiger charge is 2.40. The molecule has 2 rings (SSSR count). The Hall–Kier alpha value is -0.750. The number of alkyl halides is 3. The van der Waals surface area contributed by atoms with Crippen LogP contribution in [-0.2, 0) is 6.18 Å². The van der Waals surface area contributed by atoms with E-state index in [4.69, 9.17) is 0 Å². The number of aliphatic hydroxyl groups is 1. The third kappa shape index (κ3) is 2.64. The fourth-order valence-electron chi connectivity index (χ4n) is 2.08. The first kappa shape index (κ1) is 13.7. The molecule has 0 heterocycles. The zero-order valence-corrected chi connectivity index (χ0v) is 11.1. The van der Waals surface area contributed by atoms with E-state index in [9.17, 15) is 18.3 Å². The molecule has 1 aliphatic rings. The Kier molecular flexibility index (Phi) is 3.60. The first-order valence-electron chi connectivity index (χ1n) is 5.62. The van der Waals surface area contributed by atoms with Crippen molar-refractivity contribution in [3.63, 3.8) is 0 Å². The molecule has 0 saturated heterocycles. The van der Waals surface area contributed by atoms with Crippen molar-refractivity contribution in [2.24, 2.45) is 0 Å². The first-order chi connectivity index (χ1) is 8.36. The predicted octanol–water partition coefficient (Wildman–Crippen LogP) is 3.79. The van der Waals surface area contributed by atoms with E-state index < -0.39 is 17.3 Å². The molecule has 18 heavy (non-hydrogen) atoms. The number of hydrogen-bond acceptors (Lipinski definition) is 2. The van der Waals surface area contributed by atoms with Gasteiger partial charge in [0.2, 0.25) is 0 Å². The van der Waals surface area contributed by atoms with E-state index >= 15 is 0 Å². The summed E-state index contributed by atoms with van der Waals surface area (Å²) < 4.78 is 39.2. The molecular formula is C12H13BrF3NO. The maximum absolute atomic E-state index is 12.9. The Labute approximate surface area is 111 Å². The van der Waals surface area contributed by atoms with Gasteiger partial charge >= 0.3 is 6.18 Å². The highest BCUT2D eigenvalue weighted by Crippen LogP contribution is 2.41. The van der Waals surface area contributed by atoms with Gasteiger partial charge in [-0.3, -0.25) is 0 Å². The van der Waals surface area contributed by atoms with E-state index in [0.717, 1.165) is 12.5 Å². The van der Waals surface area contributed by atoms with E-state index in [-0.39, 0.29) is 12.3 Å². The largest absolute Gasteiger partial charge is 0.418 e. The second-order valence-electron chi connectivity index (χ2n) is 4.60. The molecule has 0 radical (unpaired) electrons. The summed E-state index contributed by atoms with van der Waals surface area (Å²) in [7, 11) is 0. The fourth-order valence-corrected chi connectivity index (χ4v) is 2.44. The third-order valence-electron chi connectivity index (χ3n) is 3.30. The molecule has 0 unspecified atom stereocenters. The maximum Gasteiger partial charge on any atom is 0.418 e. The molecule has 100 valence electrons. The van der Waals surface area contributed by atoms with Crippen LogP contribution in [0.1, 0.15) is 24.8 Å². The molecule has 1 aromatic carbocycles. The average molecular weight is 324 g/mol. The van der Waals surface area contributed by atoms with Gasteiger partial charge in [0.25, 0.3) is 0 Å². The molecule has 1 aromatic rings. The van der Waals surface area contributed by atoms with Gasteiger partial charge in [-0.05, 0) is 37.5 Å². The topological polar surface area (TPSA) is 32.3 Å². The van der Waals surface area contributed by atoms with Crippen LogP contribution in [0.15, 0.2) is 22.7 Å². The molecule has 1 saturated carbocycles. The Bertz CT molecular complexity index is 438. The van der Waals surface area contributed by atoms with Gasteiger partial charge in [-0.1, -0.05) is 15.9 Å². The minimum absolute atomic E-state index is 0.0191. The summed E-state index contributed by atoms with van der Waals surface area (Å²) in [5.74, 6) is 0. The van der Waals surface area contributed by atoms with Crippen LogP contribution in [0, 0.1) is 0 Å². The first-order valence-corrected chi connectivity index (χ1v) is 6.41. The summed E-state index contributed by atoms with van der Waals surface area (Å²) in [6.07, 6.45) is -2.10. The highest BCUT2D eigenvalue weighted by molar-refractivity contribution is 9.10. The normalized spacial score (nSPS) is 18.3. The van der Waals surface area contributed by atoms with Crippen LogP contribution >= 0.6 is 15.9 Å². The molecule has 1 aliphatic carbocycles. The van der Waals surface area contributed by atoms with E-state index in [2.05, 4.69) is 21.2 Å². The van der Waals surface area contributed by atoms with Crippen molar-refractivity contribution in [3.8, 4) is 0 Å². The Morgan fingerprint density at radius 2 is 2.00 bits per heavy atom. The van der Waals surface area contributed by atoms with Crippen LogP contribution in [0.3, 0.4) is 0 Å². The van der Waals surface area contributed by atoms with Crippen LogP contribution in [0.5, 0.6) is 0 Å². The lowest BCUT2D eigenvalue weighted by Gasteiger charge is -2.42. The number of nitrogens with one attached hydrogen (secondary N) is 1. The molecule has 2 N–H and O–H groups in total. The second kappa shape index (κ2) is 4.74. The Morgan fingerprint density at radius 3 is 2.44 bits per heavy atom. The summed E-state index contributed by atoms with van der Waals surface area (Å²) in [5, 5.41) is 12.2. The van der Waals surface area contributed by atoms with Crippen LogP contribution in [-0.4, -0.2) is 17.3 Å². The van der Waals surface area contributed by atoms with Crippen molar-refractivity contribution >= 4 is 21.6 Å². The van der Waals surface area contributed by atoms with Crippen molar-refractivity contribution in [1.29, 1.82) is 0 Å². The summed E-state index contributed by atoms with van der Waals surface area (Å²) >= 11 is 3.16. The number of halogens is 4. The second-order valence-corrected chi connectivity index (χ2v) is 5.52. The zero-order chi connectivity index (χ0) is 13.4. The molecule has 0 aliphatic heterocycles. The van der Waals surface area contributed by atoms with Gasteiger partial charge in [0.05, 0.1) is 17.7 Å². The number of hydrogen-bond donors (Lipinski definition) is 2. The van der Waals surface area contributed by atoms with Gasteiger partial charge < -0.3 is 10.4 Å². The Balaban J connectivity index is 2.33. The minimum Gasteiger partial charge on any atom is -0.394 e. The molecule has 0 bridgehead atoms. The Morgan fingerprint density at radius 1 is 1.33 bits per heavy atom. The lowest BCUT2D eigenvalue weighted by molar-refractivity contribution is -0.137. The lowest BCUT2D eigenvalue weighted by atomic mass is 9.77. The zero-order valence-electron chi connectivity index (χ0n) is 9.52. The van der Waals surface area contributed by atoms with E-state index in [1.807, 2.05) is 0 Å². The van der Waals surface area contributed by atoms with Crippen molar-refractivity contribution in [1.82, 2.24) is 0 Å². The van der Waals surface area contributed by atoms with Crippen molar-refractivity contribution < 1.29 is 18.3 Å². The van der Waals surface area contributed by atoms with Gasteiger partial charge in [-0.15, -0.1) is 0 Å². The molecule has 0 aromatic heterocycles. The summed E-state index contributed by atoms with van der Waals surface area (Å²) in [5.41, 5.74) is -1.28. The number of rotatable bonds is 3. The maximum atomic E-state index is 12.9. The standard InChI is InChI=1S/C12H13BrF3NO/c13-8-2-3-9(12(14,15)16)10(6-8)17-11(7-18)4-1-5-11/h2-3,6,17-18H,1,4-5,7H2. The van der Waals surface area contributed by atoms with Gasteiger partial charge in [-0.25, -0.2) is 0 Å². The van der Waals surface area contributed by atoms with Gasteiger partial charge in [0.15, 0.2) is 0 Å². The number of benzene rings is 1. The van der Waals surface area contributed by atoms with Crippen LogP contribution in [0.25, 0.3) is 0 Å². The quantitative estimate of drug-likeness (QED) is 0.886. The molecule has 0 amide bonds.